The Morgan fingerprint density at radius 3 is 2.69 bits per heavy atom. The molecule has 0 aliphatic carbocycles. The standard InChI is InChI=1S/C22H25F4N7OS/c1-28-12-4-3-8-32(9-7-12)22-15(10-29-33(22)11-16(25)26)30-20(34)18-19(27)35-21(31-18)17-13(23)5-2-6-14(17)24/h2,5-6,10,12,16,28H,3-4,7-9,11,27H2,1H3,(H,30,34)/t12-/m1/s1. The first-order valence-corrected chi connectivity index (χ1v) is 11.9. The van der Waals surface area contributed by atoms with Crippen LogP contribution in [0.4, 0.5) is 34.1 Å². The van der Waals surface area contributed by atoms with Gasteiger partial charge in [-0.15, -0.1) is 0 Å². The van der Waals surface area contributed by atoms with Gasteiger partial charge in [0.25, 0.3) is 12.3 Å². The molecule has 0 saturated carbocycles. The fourth-order valence-corrected chi connectivity index (χ4v) is 5.02. The molecule has 1 aliphatic heterocycles. The van der Waals surface area contributed by atoms with Crippen molar-refractivity contribution in [3.63, 3.8) is 0 Å². The first-order chi connectivity index (χ1) is 16.8. The number of nitrogen functional groups attached to an aromatic ring is 1. The number of hydrogen-bond acceptors (Lipinski definition) is 7. The van der Waals surface area contributed by atoms with E-state index in [-0.39, 0.29) is 27.0 Å². The van der Waals surface area contributed by atoms with Gasteiger partial charge in [-0.1, -0.05) is 17.4 Å². The van der Waals surface area contributed by atoms with Crippen LogP contribution in [0.2, 0.25) is 0 Å². The maximum absolute atomic E-state index is 14.2. The van der Waals surface area contributed by atoms with Crippen molar-refractivity contribution in [2.45, 2.75) is 38.3 Å². The van der Waals surface area contributed by atoms with Gasteiger partial charge in [0.05, 0.1) is 11.8 Å². The largest absolute Gasteiger partial charge is 0.389 e. The molecule has 188 valence electrons. The van der Waals surface area contributed by atoms with E-state index in [2.05, 4.69) is 20.7 Å². The summed E-state index contributed by atoms with van der Waals surface area (Å²) in [5, 5.41) is 9.84. The molecule has 4 rings (SSSR count). The Kier molecular flexibility index (Phi) is 7.55. The molecule has 35 heavy (non-hydrogen) atoms. The van der Waals surface area contributed by atoms with Gasteiger partial charge in [0.2, 0.25) is 0 Å². The summed E-state index contributed by atoms with van der Waals surface area (Å²) in [5.41, 5.74) is 5.58. The second-order valence-electron chi connectivity index (χ2n) is 8.14. The van der Waals surface area contributed by atoms with Gasteiger partial charge in [0.1, 0.15) is 33.9 Å². The van der Waals surface area contributed by atoms with Gasteiger partial charge in [-0.25, -0.2) is 27.2 Å². The Morgan fingerprint density at radius 2 is 2.00 bits per heavy atom. The molecule has 1 atom stereocenters. The monoisotopic (exact) mass is 511 g/mol. The summed E-state index contributed by atoms with van der Waals surface area (Å²) in [5.74, 6) is -2.03. The van der Waals surface area contributed by atoms with Crippen LogP contribution in [0.3, 0.4) is 0 Å². The number of aromatic nitrogens is 3. The summed E-state index contributed by atoms with van der Waals surface area (Å²) in [7, 11) is 1.88. The first-order valence-electron chi connectivity index (χ1n) is 11.1. The molecule has 1 aromatic carbocycles. The summed E-state index contributed by atoms with van der Waals surface area (Å²) in [6.07, 6.45) is 1.22. The molecule has 3 aromatic rings. The molecule has 0 bridgehead atoms. The molecule has 8 nitrogen and oxygen atoms in total. The molecule has 1 fully saturated rings. The molecule has 3 heterocycles. The maximum atomic E-state index is 14.2. The highest BCUT2D eigenvalue weighted by Crippen LogP contribution is 2.35. The topological polar surface area (TPSA) is 101 Å². The number of rotatable bonds is 7. The Labute approximate surface area is 203 Å². The summed E-state index contributed by atoms with van der Waals surface area (Å²) < 4.78 is 56.0. The van der Waals surface area contributed by atoms with Gasteiger partial charge in [-0.05, 0) is 38.4 Å². The third-order valence-electron chi connectivity index (χ3n) is 5.85. The normalized spacial score (nSPS) is 16.5. The lowest BCUT2D eigenvalue weighted by atomic mass is 10.1. The zero-order valence-electron chi connectivity index (χ0n) is 18.9. The number of nitrogens with two attached hydrogens (primary N) is 1. The minimum atomic E-state index is -2.64. The van der Waals surface area contributed by atoms with Crippen LogP contribution < -0.4 is 21.3 Å². The summed E-state index contributed by atoms with van der Waals surface area (Å²) >= 11 is 0.775. The molecule has 0 unspecified atom stereocenters. The van der Waals surface area contributed by atoms with E-state index in [0.29, 0.717) is 24.9 Å². The highest BCUT2D eigenvalue weighted by atomic mass is 32.1. The molecule has 4 N–H and O–H groups in total. The van der Waals surface area contributed by atoms with Gasteiger partial charge in [0.15, 0.2) is 11.5 Å². The van der Waals surface area contributed by atoms with Crippen molar-refractivity contribution >= 4 is 33.8 Å². The van der Waals surface area contributed by atoms with E-state index in [9.17, 15) is 22.4 Å². The highest BCUT2D eigenvalue weighted by molar-refractivity contribution is 7.19. The predicted octanol–water partition coefficient (Wildman–Crippen LogP) is 3.96. The average Bonchev–Trinajstić information content (AvgIpc) is 3.27. The average molecular weight is 512 g/mol. The van der Waals surface area contributed by atoms with Crippen LogP contribution in [-0.2, 0) is 6.54 Å². The van der Waals surface area contributed by atoms with Crippen LogP contribution in [-0.4, -0.2) is 53.3 Å². The Morgan fingerprint density at radius 1 is 1.26 bits per heavy atom. The smallest absolute Gasteiger partial charge is 0.277 e. The second kappa shape index (κ2) is 10.6. The molecular weight excluding hydrogens is 486 g/mol. The summed E-state index contributed by atoms with van der Waals surface area (Å²) in [6.45, 7) is 0.553. The summed E-state index contributed by atoms with van der Waals surface area (Å²) in [4.78, 5) is 19.0. The number of benzene rings is 1. The van der Waals surface area contributed by atoms with E-state index in [1.807, 2.05) is 11.9 Å². The van der Waals surface area contributed by atoms with Crippen LogP contribution >= 0.6 is 11.3 Å². The number of nitrogens with zero attached hydrogens (tertiary/aromatic N) is 4. The van der Waals surface area contributed by atoms with Crippen molar-refractivity contribution in [2.24, 2.45) is 0 Å². The molecule has 1 saturated heterocycles. The third kappa shape index (κ3) is 5.40. The van der Waals surface area contributed by atoms with E-state index in [1.165, 1.54) is 16.9 Å². The fraction of sp³-hybridized carbons (Fsp3) is 0.409. The van der Waals surface area contributed by atoms with Crippen molar-refractivity contribution in [1.82, 2.24) is 20.1 Å². The molecule has 0 radical (unpaired) electrons. The van der Waals surface area contributed by atoms with Crippen molar-refractivity contribution in [2.75, 3.05) is 36.1 Å². The van der Waals surface area contributed by atoms with E-state index < -0.39 is 30.5 Å². The number of anilines is 3. The zero-order valence-corrected chi connectivity index (χ0v) is 19.7. The minimum Gasteiger partial charge on any atom is -0.389 e. The third-order valence-corrected chi connectivity index (χ3v) is 6.75. The number of hydrogen-bond donors (Lipinski definition) is 3. The van der Waals surface area contributed by atoms with E-state index in [1.54, 1.807) is 0 Å². The molecule has 1 amide bonds. The van der Waals surface area contributed by atoms with Gasteiger partial charge in [-0.2, -0.15) is 5.10 Å². The van der Waals surface area contributed by atoms with Gasteiger partial charge < -0.3 is 21.3 Å². The highest BCUT2D eigenvalue weighted by Gasteiger charge is 2.26. The van der Waals surface area contributed by atoms with Gasteiger partial charge in [0, 0.05) is 19.1 Å². The number of carbonyl (C=O) groups excluding carboxylic acids is 1. The fourth-order valence-electron chi connectivity index (χ4n) is 4.15. The number of carbonyl (C=O) groups is 1. The SMILES string of the molecule is CN[C@@H]1CCCN(c2c(NC(=O)c3nc(-c4c(F)cccc4F)sc3N)cnn2CC(F)F)CC1. The molecular formula is C22H25F4N7OS. The maximum Gasteiger partial charge on any atom is 0.277 e. The number of halogens is 4. The molecule has 2 aromatic heterocycles. The Balaban J connectivity index is 1.62. The molecule has 13 heteroatoms. The van der Waals surface area contributed by atoms with Crippen LogP contribution in [0.1, 0.15) is 29.8 Å². The van der Waals surface area contributed by atoms with Gasteiger partial charge >= 0.3 is 0 Å². The minimum absolute atomic E-state index is 0.0340. The number of amides is 1. The lowest BCUT2D eigenvalue weighted by Crippen LogP contribution is -2.31. The second-order valence-corrected chi connectivity index (χ2v) is 9.17. The predicted molar refractivity (Wildman–Crippen MR) is 127 cm³/mol. The van der Waals surface area contributed by atoms with E-state index in [4.69, 9.17) is 5.73 Å². The van der Waals surface area contributed by atoms with Crippen LogP contribution in [0.25, 0.3) is 10.6 Å². The van der Waals surface area contributed by atoms with E-state index in [0.717, 1.165) is 42.7 Å². The van der Waals surface area contributed by atoms with Crippen molar-refractivity contribution < 1.29 is 22.4 Å². The Hall–Kier alpha value is -3.19. The lowest BCUT2D eigenvalue weighted by Gasteiger charge is -2.25. The van der Waals surface area contributed by atoms with Crippen molar-refractivity contribution in [1.29, 1.82) is 0 Å². The van der Waals surface area contributed by atoms with E-state index >= 15 is 0 Å². The number of alkyl halides is 2. The quantitative estimate of drug-likeness (QED) is 0.415. The van der Waals surface area contributed by atoms with Crippen LogP contribution in [0.15, 0.2) is 24.4 Å². The first kappa shape index (κ1) is 24.9. The Bertz CT molecular complexity index is 1180. The van der Waals surface area contributed by atoms with Crippen molar-refractivity contribution in [3.05, 3.63) is 41.7 Å². The number of nitrogens with one attached hydrogen (secondary N) is 2. The molecule has 1 aliphatic rings. The van der Waals surface area contributed by atoms with Crippen molar-refractivity contribution in [3.8, 4) is 10.6 Å². The summed E-state index contributed by atoms with van der Waals surface area (Å²) in [6, 6.07) is 3.69. The van der Waals surface area contributed by atoms with Crippen LogP contribution in [0.5, 0.6) is 0 Å². The van der Waals surface area contributed by atoms with Crippen LogP contribution in [0, 0.1) is 11.6 Å². The van der Waals surface area contributed by atoms with Gasteiger partial charge in [-0.3, -0.25) is 4.79 Å². The zero-order chi connectivity index (χ0) is 25.1. The number of thiazole rings is 1. The molecule has 0 spiro atoms. The lowest BCUT2D eigenvalue weighted by molar-refractivity contribution is 0.102.